The second kappa shape index (κ2) is 9.15. The predicted octanol–water partition coefficient (Wildman–Crippen LogP) is 3.27. The topological polar surface area (TPSA) is 89.8 Å². The summed E-state index contributed by atoms with van der Waals surface area (Å²) in [6.07, 6.45) is 1.45. The standard InChI is InChI=1S/C20H20N2O5/c1-24-16-7-5-15(6-8-16)22-20(23)14(12-21)9-13-10-17(25-2)19(27-4)18(11-13)26-3/h5-11H,1-4H3,(H,22,23). The highest BCUT2D eigenvalue weighted by molar-refractivity contribution is 6.09. The Labute approximate surface area is 157 Å². The number of methoxy groups -OCH3 is 4. The number of amides is 1. The van der Waals surface area contributed by atoms with Crippen LogP contribution in [0, 0.1) is 11.3 Å². The van der Waals surface area contributed by atoms with Gasteiger partial charge in [0.05, 0.1) is 28.4 Å². The van der Waals surface area contributed by atoms with Crippen LogP contribution >= 0.6 is 0 Å². The fraction of sp³-hybridized carbons (Fsp3) is 0.200. The maximum atomic E-state index is 12.4. The van der Waals surface area contributed by atoms with E-state index in [2.05, 4.69) is 5.32 Å². The zero-order valence-corrected chi connectivity index (χ0v) is 15.5. The van der Waals surface area contributed by atoms with E-state index in [4.69, 9.17) is 18.9 Å². The van der Waals surface area contributed by atoms with Gasteiger partial charge in [0.1, 0.15) is 17.4 Å². The molecule has 0 heterocycles. The first-order chi connectivity index (χ1) is 13.1. The molecule has 2 rings (SSSR count). The lowest BCUT2D eigenvalue weighted by molar-refractivity contribution is -0.112. The molecular weight excluding hydrogens is 348 g/mol. The summed E-state index contributed by atoms with van der Waals surface area (Å²) in [6, 6.07) is 12.0. The minimum atomic E-state index is -0.531. The lowest BCUT2D eigenvalue weighted by atomic mass is 10.1. The summed E-state index contributed by atoms with van der Waals surface area (Å²) in [6.45, 7) is 0. The van der Waals surface area contributed by atoms with Crippen molar-refractivity contribution < 1.29 is 23.7 Å². The van der Waals surface area contributed by atoms with E-state index in [0.717, 1.165) is 0 Å². The van der Waals surface area contributed by atoms with Crippen LogP contribution in [0.15, 0.2) is 42.0 Å². The molecule has 2 aromatic carbocycles. The van der Waals surface area contributed by atoms with Gasteiger partial charge < -0.3 is 24.3 Å². The normalized spacial score (nSPS) is 10.6. The maximum Gasteiger partial charge on any atom is 0.266 e. The first-order valence-electron chi connectivity index (χ1n) is 7.93. The lowest BCUT2D eigenvalue weighted by Gasteiger charge is -2.13. The van der Waals surface area contributed by atoms with Gasteiger partial charge in [0.25, 0.3) is 5.91 Å². The largest absolute Gasteiger partial charge is 0.497 e. The molecule has 0 atom stereocenters. The van der Waals surface area contributed by atoms with Crippen LogP contribution < -0.4 is 24.3 Å². The number of carbonyl (C=O) groups is 1. The van der Waals surface area contributed by atoms with Crippen molar-refractivity contribution in [2.24, 2.45) is 0 Å². The average Bonchev–Trinajstić information content (AvgIpc) is 2.71. The number of nitrogens with zero attached hydrogens (tertiary/aromatic N) is 1. The minimum Gasteiger partial charge on any atom is -0.497 e. The number of nitrogens with one attached hydrogen (secondary N) is 1. The Bertz CT molecular complexity index is 857. The molecule has 0 radical (unpaired) electrons. The number of hydrogen-bond donors (Lipinski definition) is 1. The third kappa shape index (κ3) is 4.70. The Morgan fingerprint density at radius 2 is 1.56 bits per heavy atom. The van der Waals surface area contributed by atoms with Crippen LogP contribution in [0.4, 0.5) is 5.69 Å². The van der Waals surface area contributed by atoms with Gasteiger partial charge in [-0.2, -0.15) is 5.26 Å². The molecule has 0 aromatic heterocycles. The Morgan fingerprint density at radius 1 is 0.963 bits per heavy atom. The van der Waals surface area contributed by atoms with Gasteiger partial charge in [-0.05, 0) is 48.0 Å². The number of nitriles is 1. The molecule has 140 valence electrons. The fourth-order valence-electron chi connectivity index (χ4n) is 2.37. The molecule has 0 aliphatic heterocycles. The van der Waals surface area contributed by atoms with Crippen LogP contribution in [0.3, 0.4) is 0 Å². The molecule has 0 aliphatic rings. The predicted molar refractivity (Wildman–Crippen MR) is 101 cm³/mol. The third-order valence-corrected chi connectivity index (χ3v) is 3.71. The lowest BCUT2D eigenvalue weighted by Crippen LogP contribution is -2.13. The highest BCUT2D eigenvalue weighted by atomic mass is 16.5. The van der Waals surface area contributed by atoms with Gasteiger partial charge in [0.15, 0.2) is 11.5 Å². The molecule has 0 unspecified atom stereocenters. The van der Waals surface area contributed by atoms with Crippen LogP contribution in [-0.2, 0) is 4.79 Å². The average molecular weight is 368 g/mol. The number of ether oxygens (including phenoxy) is 4. The zero-order chi connectivity index (χ0) is 19.8. The summed E-state index contributed by atoms with van der Waals surface area (Å²) in [7, 11) is 6.04. The molecule has 0 saturated carbocycles. The summed E-state index contributed by atoms with van der Waals surface area (Å²) < 4.78 is 20.9. The Kier molecular flexibility index (Phi) is 6.67. The second-order valence-electron chi connectivity index (χ2n) is 5.31. The molecular formula is C20H20N2O5. The van der Waals surface area contributed by atoms with Gasteiger partial charge in [-0.15, -0.1) is 0 Å². The van der Waals surface area contributed by atoms with Crippen molar-refractivity contribution in [3.05, 3.63) is 47.5 Å². The molecule has 0 bridgehead atoms. The molecule has 0 fully saturated rings. The molecule has 2 aromatic rings. The molecule has 27 heavy (non-hydrogen) atoms. The first-order valence-corrected chi connectivity index (χ1v) is 7.93. The summed E-state index contributed by atoms with van der Waals surface area (Å²) in [4.78, 5) is 12.4. The fourth-order valence-corrected chi connectivity index (χ4v) is 2.37. The van der Waals surface area contributed by atoms with Gasteiger partial charge >= 0.3 is 0 Å². The molecule has 7 heteroatoms. The van der Waals surface area contributed by atoms with Crippen molar-refractivity contribution in [3.63, 3.8) is 0 Å². The number of carbonyl (C=O) groups excluding carboxylic acids is 1. The van der Waals surface area contributed by atoms with E-state index < -0.39 is 5.91 Å². The molecule has 0 saturated heterocycles. The summed E-state index contributed by atoms with van der Waals surface area (Å²) in [5, 5.41) is 12.1. The highest BCUT2D eigenvalue weighted by Gasteiger charge is 2.15. The van der Waals surface area contributed by atoms with Crippen molar-refractivity contribution in [3.8, 4) is 29.1 Å². The van der Waals surface area contributed by atoms with Gasteiger partial charge in [-0.3, -0.25) is 4.79 Å². The van der Waals surface area contributed by atoms with Crippen LogP contribution in [0.5, 0.6) is 23.0 Å². The molecule has 7 nitrogen and oxygen atoms in total. The van der Waals surface area contributed by atoms with Gasteiger partial charge in [-0.1, -0.05) is 0 Å². The second-order valence-corrected chi connectivity index (χ2v) is 5.31. The van der Waals surface area contributed by atoms with E-state index in [9.17, 15) is 10.1 Å². The molecule has 0 spiro atoms. The Balaban J connectivity index is 2.31. The van der Waals surface area contributed by atoms with E-state index in [-0.39, 0.29) is 5.57 Å². The minimum absolute atomic E-state index is 0.0694. The van der Waals surface area contributed by atoms with Crippen molar-refractivity contribution in [1.82, 2.24) is 0 Å². The zero-order valence-electron chi connectivity index (χ0n) is 15.5. The van der Waals surface area contributed by atoms with Crippen LogP contribution in [0.25, 0.3) is 6.08 Å². The molecule has 1 N–H and O–H groups in total. The van der Waals surface area contributed by atoms with E-state index in [0.29, 0.717) is 34.2 Å². The Hall–Kier alpha value is -3.66. The smallest absolute Gasteiger partial charge is 0.266 e. The van der Waals surface area contributed by atoms with Crippen molar-refractivity contribution in [2.45, 2.75) is 0 Å². The number of benzene rings is 2. The SMILES string of the molecule is COc1ccc(NC(=O)C(C#N)=Cc2cc(OC)c(OC)c(OC)c2)cc1. The van der Waals surface area contributed by atoms with Crippen LogP contribution in [0.1, 0.15) is 5.56 Å². The summed E-state index contributed by atoms with van der Waals surface area (Å²) >= 11 is 0. The van der Waals surface area contributed by atoms with E-state index >= 15 is 0 Å². The Morgan fingerprint density at radius 3 is 2.00 bits per heavy atom. The van der Waals surface area contributed by atoms with Gasteiger partial charge in [-0.25, -0.2) is 0 Å². The van der Waals surface area contributed by atoms with E-state index in [1.54, 1.807) is 43.5 Å². The number of rotatable bonds is 7. The third-order valence-electron chi connectivity index (χ3n) is 3.71. The maximum absolute atomic E-state index is 12.4. The summed E-state index contributed by atoms with van der Waals surface area (Å²) in [5.41, 5.74) is 1.04. The van der Waals surface area contributed by atoms with Crippen LogP contribution in [0.2, 0.25) is 0 Å². The van der Waals surface area contributed by atoms with Crippen molar-refractivity contribution >= 4 is 17.7 Å². The highest BCUT2D eigenvalue weighted by Crippen LogP contribution is 2.38. The molecule has 0 aliphatic carbocycles. The van der Waals surface area contributed by atoms with Gasteiger partial charge in [0.2, 0.25) is 5.75 Å². The number of hydrogen-bond acceptors (Lipinski definition) is 6. The van der Waals surface area contributed by atoms with Crippen LogP contribution in [-0.4, -0.2) is 34.3 Å². The number of anilines is 1. The quantitative estimate of drug-likeness (QED) is 0.596. The molecule has 1 amide bonds. The van der Waals surface area contributed by atoms with E-state index in [1.165, 1.54) is 27.4 Å². The van der Waals surface area contributed by atoms with Crippen molar-refractivity contribution in [1.29, 1.82) is 5.26 Å². The first kappa shape index (κ1) is 19.7. The van der Waals surface area contributed by atoms with Crippen molar-refractivity contribution in [2.75, 3.05) is 33.8 Å². The van der Waals surface area contributed by atoms with Gasteiger partial charge in [0, 0.05) is 5.69 Å². The summed E-state index contributed by atoms with van der Waals surface area (Å²) in [5.74, 6) is 1.42. The monoisotopic (exact) mass is 368 g/mol. The van der Waals surface area contributed by atoms with E-state index in [1.807, 2.05) is 6.07 Å².